The van der Waals surface area contributed by atoms with Crippen LogP contribution in [-0.2, 0) is 24.6 Å². The molecule has 2 N–H and O–H groups in total. The first-order chi connectivity index (χ1) is 40.5. The maximum absolute atomic E-state index is 17.5. The van der Waals surface area contributed by atoms with Crippen molar-refractivity contribution in [1.29, 1.82) is 0 Å². The molecular weight excluding hydrogens is 1290 g/mol. The summed E-state index contributed by atoms with van der Waals surface area (Å²) in [6.07, 6.45) is 1.85. The molecule has 14 rings (SSSR count). The predicted octanol–water partition coefficient (Wildman–Crippen LogP) is 10.7. The van der Waals surface area contributed by atoms with Crippen LogP contribution < -0.4 is 27.2 Å². The van der Waals surface area contributed by atoms with Crippen LogP contribution in [0.15, 0.2) is 24.3 Å². The first-order valence-corrected chi connectivity index (χ1v) is 38.0. The molecule has 0 aliphatic rings. The van der Waals surface area contributed by atoms with Gasteiger partial charge in [0.1, 0.15) is 0 Å². The minimum absolute atomic E-state index is 0.0907. The van der Waals surface area contributed by atoms with Gasteiger partial charge in [0, 0.05) is 0 Å². The van der Waals surface area contributed by atoms with Crippen LogP contribution in [0.3, 0.4) is 0 Å². The van der Waals surface area contributed by atoms with Gasteiger partial charge in [-0.2, -0.15) is 0 Å². The monoisotopic (exact) mass is 1360 g/mol. The maximum atomic E-state index is 17.5. The molecule has 0 spiro atoms. The van der Waals surface area contributed by atoms with Gasteiger partial charge in [-0.05, 0) is 0 Å². The van der Waals surface area contributed by atoms with Crippen molar-refractivity contribution >= 4 is 206 Å². The quantitative estimate of drug-likeness (QED) is 0.0666. The van der Waals surface area contributed by atoms with Gasteiger partial charge in [0.15, 0.2) is 0 Å². The number of nitrogen functional groups attached to an aromatic ring is 1. The van der Waals surface area contributed by atoms with E-state index in [4.69, 9.17) is 5.73 Å². The van der Waals surface area contributed by atoms with Crippen LogP contribution >= 0.6 is 54.0 Å². The Morgan fingerprint density at radius 2 is 0.651 bits per heavy atom. The van der Waals surface area contributed by atoms with Gasteiger partial charge < -0.3 is 0 Å². The molecule has 86 heavy (non-hydrogen) atoms. The fraction of sp³-hybridized carbons (Fsp3) is 0.302. The van der Waals surface area contributed by atoms with E-state index in [0.29, 0.717) is 52.6 Å². The topological polar surface area (TPSA) is 61.3 Å². The zero-order chi connectivity index (χ0) is 61.7. The summed E-state index contributed by atoms with van der Waals surface area (Å²) in [5.41, 5.74) is 42.3. The van der Waals surface area contributed by atoms with Gasteiger partial charge in [-0.25, -0.2) is 0 Å². The molecule has 0 aliphatic heterocycles. The molecule has 23 heteroatoms. The molecule has 432 valence electrons. The Kier molecular flexibility index (Phi) is 14.1. The molecule has 9 nitrogen and oxygen atoms in total. The van der Waals surface area contributed by atoms with Crippen molar-refractivity contribution in [3.63, 3.8) is 0 Å². The normalized spacial score (nSPS) is 13.5. The fourth-order valence-corrected chi connectivity index (χ4v) is 30.0. The standard InChI is InChI=1S/C63H67B4F4IN9P4.K/c1-25-16-40(21-82-74-36(12)50(64)32(8)56(74)44-17-26(2)60(68)78(44)82)48(42(54(25)72)23-84-76-38(14)52(66)34(10)58(76)46-19-28(4)62(70)80(46)84)49-41(22-83-75-37(13)51(65)33(9)57(75)45-18-27(3)61(69)79(45)83)30(6)31(7)55(73)43(49)24-85-77-39(15)53(67)35(11)59(77)47-20-29(5)63(71)81(47)85;/h17-20H,21-24,64-67,73H2,1-15H3;. The number of rotatable bonds is 9. The fourth-order valence-electron chi connectivity index (χ4n) is 15.1. The molecule has 4 unspecified atom stereocenters. The summed E-state index contributed by atoms with van der Waals surface area (Å²) in [7, 11) is 2.74. The second-order valence-corrected chi connectivity index (χ2v) is 35.3. The average Bonchev–Trinajstić information content (AvgIpc) is 1.55. The predicted molar refractivity (Wildman–Crippen MR) is 379 cm³/mol. The summed E-state index contributed by atoms with van der Waals surface area (Å²) < 4.78 is 90.1. The Balaban J connectivity index is 1.20. The van der Waals surface area contributed by atoms with E-state index >= 15 is 17.6 Å². The number of hydrogen-bond acceptors (Lipinski definition) is 1. The van der Waals surface area contributed by atoms with Crippen LogP contribution in [0.4, 0.5) is 23.2 Å². The summed E-state index contributed by atoms with van der Waals surface area (Å²) in [5, 5.41) is 0. The SMILES string of the molecule is Bc1c(C)c2c3cc(C)c(F)n3p(Cc3c(C)c(C)c(N)c(Cp4n5c(F)c(C)cc5c5c(C)c(B)c(C)n54)c3-c3c(Cp4n5c(F)c(C)cc5c5c(C)c(B)c(C)n54)[c]([K])c(C)c(I)c3Cp3n4c(F)c(C)cc4c4c(C)c(B)c(C)n43)n2c1C. The van der Waals surface area contributed by atoms with Gasteiger partial charge in [0.2, 0.25) is 0 Å². The van der Waals surface area contributed by atoms with E-state index in [1.165, 1.54) is 27.1 Å². The number of halogens is 5. The average molecular weight is 1360 g/mol. The van der Waals surface area contributed by atoms with Crippen molar-refractivity contribution in [3.8, 4) is 11.1 Å². The van der Waals surface area contributed by atoms with Crippen molar-refractivity contribution in [1.82, 2.24) is 33.3 Å². The first-order valence-electron chi connectivity index (χ1n) is 29.6. The first kappa shape index (κ1) is 59.6. The summed E-state index contributed by atoms with van der Waals surface area (Å²) >= 11 is 2.71. The summed E-state index contributed by atoms with van der Waals surface area (Å²) in [6.45, 7) is 31.5. The van der Waals surface area contributed by atoms with Crippen LogP contribution in [0, 0.1) is 131 Å². The van der Waals surface area contributed by atoms with Crippen LogP contribution in [0.25, 0.3) is 55.3 Å². The number of anilines is 1. The molecule has 0 saturated heterocycles. The van der Waals surface area contributed by atoms with Crippen molar-refractivity contribution < 1.29 is 17.6 Å². The molecule has 12 heterocycles. The Morgan fingerprint density at radius 3 is 0.965 bits per heavy atom. The number of aryl methyl sites for hydroxylation is 12. The molecule has 0 amide bonds. The Bertz CT molecular complexity index is 4800. The Hall–Kier alpha value is -3.97. The van der Waals surface area contributed by atoms with Gasteiger partial charge in [-0.1, -0.05) is 0 Å². The van der Waals surface area contributed by atoms with Gasteiger partial charge in [-0.3, -0.25) is 0 Å². The second-order valence-electron chi connectivity index (χ2n) is 25.3. The van der Waals surface area contributed by atoms with E-state index in [1.807, 2.05) is 68.6 Å². The van der Waals surface area contributed by atoms with Crippen LogP contribution in [-0.4, -0.2) is 114 Å². The third-order valence-corrected chi connectivity index (χ3v) is 34.4. The second kappa shape index (κ2) is 20.3. The molecule has 0 fully saturated rings. The molecule has 2 aromatic carbocycles. The number of nitrogens with zero attached hydrogens (tertiary/aromatic N) is 8. The van der Waals surface area contributed by atoms with E-state index < -0.39 is 31.4 Å². The van der Waals surface area contributed by atoms with Crippen LogP contribution in [0.2, 0.25) is 0 Å². The number of hydrogen-bond donors (Lipinski definition) is 1. The molecule has 0 saturated carbocycles. The van der Waals surface area contributed by atoms with Crippen molar-refractivity contribution in [2.75, 3.05) is 5.73 Å². The third kappa shape index (κ3) is 7.62. The molecule has 0 radical (unpaired) electrons. The molecular formula is C63H67B4F4IKN9P4. The molecule has 0 aliphatic carbocycles. The van der Waals surface area contributed by atoms with Gasteiger partial charge >= 0.3 is 560 Å². The van der Waals surface area contributed by atoms with E-state index in [1.54, 1.807) is 0 Å². The van der Waals surface area contributed by atoms with Gasteiger partial charge in [0.25, 0.3) is 0 Å². The Morgan fingerprint density at radius 1 is 0.384 bits per heavy atom. The number of aromatic nitrogens is 8. The zero-order valence-electron chi connectivity index (χ0n) is 53.0. The van der Waals surface area contributed by atoms with Gasteiger partial charge in [0.05, 0.1) is 0 Å². The van der Waals surface area contributed by atoms with E-state index in [2.05, 4.69) is 147 Å². The minimum atomic E-state index is -1.54. The van der Waals surface area contributed by atoms with Gasteiger partial charge in [-0.15, -0.1) is 0 Å². The molecule has 12 aromatic heterocycles. The van der Waals surface area contributed by atoms with E-state index in [0.717, 1.165) is 137 Å². The molecule has 0 bridgehead atoms. The molecule has 14 aromatic rings. The summed E-state index contributed by atoms with van der Waals surface area (Å²) in [6, 6.07) is 8.09. The summed E-state index contributed by atoms with van der Waals surface area (Å²) in [4.78, 5) is 0. The number of fused-ring (bicyclic) bond motifs is 12. The van der Waals surface area contributed by atoms with Crippen molar-refractivity contribution in [3.05, 3.63) is 158 Å². The Labute approximate surface area is 553 Å². The van der Waals surface area contributed by atoms with E-state index in [-0.39, 0.29) is 72.7 Å². The van der Waals surface area contributed by atoms with Crippen LogP contribution in [0.5, 0.6) is 0 Å². The zero-order valence-corrected chi connectivity index (χ0v) is 61.8. The number of nitrogens with two attached hydrogens (primary N) is 1. The van der Waals surface area contributed by atoms with Crippen molar-refractivity contribution in [2.24, 2.45) is 0 Å². The molecule has 4 atom stereocenters. The van der Waals surface area contributed by atoms with Crippen LogP contribution in [0.1, 0.15) is 106 Å². The number of benzene rings is 2. The van der Waals surface area contributed by atoms with E-state index in [9.17, 15) is 0 Å². The summed E-state index contributed by atoms with van der Waals surface area (Å²) in [5.74, 6) is -0.908. The third-order valence-electron chi connectivity index (χ3n) is 21.2. The van der Waals surface area contributed by atoms with Crippen molar-refractivity contribution in [2.45, 2.75) is 129 Å².